The van der Waals surface area contributed by atoms with Crippen molar-refractivity contribution in [3.05, 3.63) is 11.1 Å². The van der Waals surface area contributed by atoms with Crippen molar-refractivity contribution in [1.82, 2.24) is 9.88 Å². The molecule has 0 aromatic carbocycles. The monoisotopic (exact) mass is 367 g/mol. The zero-order valence-corrected chi connectivity index (χ0v) is 16.1. The third kappa shape index (κ3) is 3.45. The van der Waals surface area contributed by atoms with Crippen LogP contribution in [0.4, 0.5) is 5.13 Å². The van der Waals surface area contributed by atoms with E-state index in [2.05, 4.69) is 21.0 Å². The Balaban J connectivity index is 1.44. The molecule has 7 heteroatoms. The molecular formula is C18H29N3O3S. The van der Waals surface area contributed by atoms with Crippen LogP contribution in [0.5, 0.6) is 0 Å². The van der Waals surface area contributed by atoms with Crippen molar-refractivity contribution in [1.29, 1.82) is 0 Å². The molecule has 3 fully saturated rings. The number of aromatic nitrogens is 1. The zero-order chi connectivity index (χ0) is 17.3. The second kappa shape index (κ2) is 7.48. The van der Waals surface area contributed by atoms with Crippen molar-refractivity contribution in [2.24, 2.45) is 0 Å². The molecule has 1 aromatic rings. The Kier molecular flexibility index (Phi) is 5.29. The average molecular weight is 368 g/mol. The molecule has 0 unspecified atom stereocenters. The SMILES string of the molecule is CO[C@@H]1CC[C@@]2(OC)CCN(Cc3cnc(N4CCOCC4)s3)[C@H]2C1. The van der Waals surface area contributed by atoms with Gasteiger partial charge in [0, 0.05) is 57.5 Å². The van der Waals surface area contributed by atoms with Gasteiger partial charge in [0.1, 0.15) is 0 Å². The fraction of sp³-hybridized carbons (Fsp3) is 0.833. The van der Waals surface area contributed by atoms with Crippen LogP contribution < -0.4 is 4.90 Å². The number of hydrogen-bond acceptors (Lipinski definition) is 7. The van der Waals surface area contributed by atoms with E-state index in [1.807, 2.05) is 25.6 Å². The highest BCUT2D eigenvalue weighted by molar-refractivity contribution is 7.15. The van der Waals surface area contributed by atoms with Gasteiger partial charge >= 0.3 is 0 Å². The minimum atomic E-state index is 0.0206. The second-order valence-corrected chi connectivity index (χ2v) is 8.44. The van der Waals surface area contributed by atoms with Crippen molar-refractivity contribution in [2.75, 3.05) is 52.0 Å². The van der Waals surface area contributed by atoms with E-state index in [0.717, 1.165) is 70.2 Å². The van der Waals surface area contributed by atoms with Gasteiger partial charge in [-0.25, -0.2) is 4.98 Å². The summed E-state index contributed by atoms with van der Waals surface area (Å²) in [7, 11) is 3.72. The summed E-state index contributed by atoms with van der Waals surface area (Å²) in [4.78, 5) is 10.9. The van der Waals surface area contributed by atoms with E-state index < -0.39 is 0 Å². The van der Waals surface area contributed by atoms with Gasteiger partial charge in [-0.05, 0) is 25.7 Å². The number of rotatable bonds is 5. The quantitative estimate of drug-likeness (QED) is 0.795. The van der Waals surface area contributed by atoms with Crippen molar-refractivity contribution in [3.8, 4) is 0 Å². The predicted molar refractivity (Wildman–Crippen MR) is 98.3 cm³/mol. The molecule has 1 aliphatic carbocycles. The Bertz CT molecular complexity index is 578. The molecule has 0 radical (unpaired) electrons. The Morgan fingerprint density at radius 1 is 1.28 bits per heavy atom. The van der Waals surface area contributed by atoms with Crippen molar-refractivity contribution >= 4 is 16.5 Å². The highest BCUT2D eigenvalue weighted by Crippen LogP contribution is 2.44. The molecule has 3 atom stereocenters. The molecule has 0 spiro atoms. The summed E-state index contributed by atoms with van der Waals surface area (Å²) < 4.78 is 17.1. The zero-order valence-electron chi connectivity index (χ0n) is 15.3. The Labute approximate surface area is 154 Å². The van der Waals surface area contributed by atoms with Crippen LogP contribution in [0.15, 0.2) is 6.20 Å². The van der Waals surface area contributed by atoms with E-state index in [-0.39, 0.29) is 5.60 Å². The lowest BCUT2D eigenvalue weighted by Crippen LogP contribution is -2.51. The molecule has 25 heavy (non-hydrogen) atoms. The maximum atomic E-state index is 6.03. The second-order valence-electron chi connectivity index (χ2n) is 7.35. The van der Waals surface area contributed by atoms with Gasteiger partial charge in [0.2, 0.25) is 0 Å². The van der Waals surface area contributed by atoms with Gasteiger partial charge in [0.25, 0.3) is 0 Å². The van der Waals surface area contributed by atoms with Crippen LogP contribution in [-0.2, 0) is 20.8 Å². The maximum absolute atomic E-state index is 6.03. The number of hydrogen-bond donors (Lipinski definition) is 0. The van der Waals surface area contributed by atoms with Crippen LogP contribution in [0.3, 0.4) is 0 Å². The summed E-state index contributed by atoms with van der Waals surface area (Å²) in [5.74, 6) is 0. The standard InChI is InChI=1S/C18H29N3O3S/c1-22-14-3-4-18(23-2)5-6-21(16(18)11-14)13-15-12-19-17(25-15)20-7-9-24-10-8-20/h12,14,16H,3-11,13H2,1-2H3/t14-,16+,18-/m1/s1. The lowest BCUT2D eigenvalue weighted by Gasteiger charge is -2.43. The number of thiazole rings is 1. The highest BCUT2D eigenvalue weighted by atomic mass is 32.1. The first-order valence-corrected chi connectivity index (χ1v) is 10.1. The molecule has 1 saturated carbocycles. The smallest absolute Gasteiger partial charge is 0.185 e. The van der Waals surface area contributed by atoms with Crippen LogP contribution in [0, 0.1) is 0 Å². The molecule has 140 valence electrons. The van der Waals surface area contributed by atoms with Gasteiger partial charge in [0.15, 0.2) is 5.13 Å². The number of ether oxygens (including phenoxy) is 3. The van der Waals surface area contributed by atoms with Gasteiger partial charge in [-0.2, -0.15) is 0 Å². The summed E-state index contributed by atoms with van der Waals surface area (Å²) in [6.07, 6.45) is 6.82. The summed E-state index contributed by atoms with van der Waals surface area (Å²) in [5, 5.41) is 1.13. The van der Waals surface area contributed by atoms with E-state index in [9.17, 15) is 0 Å². The summed E-state index contributed by atoms with van der Waals surface area (Å²) in [5.41, 5.74) is 0.0206. The van der Waals surface area contributed by atoms with Crippen LogP contribution in [0.2, 0.25) is 0 Å². The van der Waals surface area contributed by atoms with Gasteiger partial charge < -0.3 is 19.1 Å². The minimum Gasteiger partial charge on any atom is -0.381 e. The van der Waals surface area contributed by atoms with E-state index in [1.165, 1.54) is 4.88 Å². The van der Waals surface area contributed by atoms with Gasteiger partial charge in [-0.15, -0.1) is 11.3 Å². The molecule has 2 saturated heterocycles. The number of morpholine rings is 1. The summed E-state index contributed by atoms with van der Waals surface area (Å²) in [6.45, 7) is 5.56. The normalized spacial score (nSPS) is 33.6. The van der Waals surface area contributed by atoms with Gasteiger partial charge in [0.05, 0.1) is 24.9 Å². The van der Waals surface area contributed by atoms with Crippen molar-refractivity contribution < 1.29 is 14.2 Å². The molecule has 0 bridgehead atoms. The van der Waals surface area contributed by atoms with Gasteiger partial charge in [-0.1, -0.05) is 0 Å². The highest BCUT2D eigenvalue weighted by Gasteiger charge is 2.51. The topological polar surface area (TPSA) is 47.1 Å². The first-order chi connectivity index (χ1) is 12.2. The minimum absolute atomic E-state index is 0.0206. The largest absolute Gasteiger partial charge is 0.381 e. The van der Waals surface area contributed by atoms with E-state index in [4.69, 9.17) is 14.2 Å². The Hall–Kier alpha value is -0.730. The van der Waals surface area contributed by atoms with Crippen molar-refractivity contribution in [3.63, 3.8) is 0 Å². The lowest BCUT2D eigenvalue weighted by molar-refractivity contribution is -0.0946. The first-order valence-electron chi connectivity index (χ1n) is 9.33. The average Bonchev–Trinajstić information content (AvgIpc) is 3.28. The molecule has 3 aliphatic rings. The number of anilines is 1. The fourth-order valence-electron chi connectivity index (χ4n) is 4.63. The Morgan fingerprint density at radius 3 is 2.88 bits per heavy atom. The lowest BCUT2D eigenvalue weighted by atomic mass is 9.79. The molecule has 6 nitrogen and oxygen atoms in total. The van der Waals surface area contributed by atoms with E-state index in [0.29, 0.717) is 12.1 Å². The van der Waals surface area contributed by atoms with E-state index in [1.54, 1.807) is 0 Å². The number of likely N-dealkylation sites (tertiary alicyclic amines) is 1. The molecule has 0 amide bonds. The third-order valence-corrected chi connectivity index (χ3v) is 7.21. The summed E-state index contributed by atoms with van der Waals surface area (Å²) in [6, 6.07) is 0.449. The molecule has 0 N–H and O–H groups in total. The molecular weight excluding hydrogens is 338 g/mol. The fourth-order valence-corrected chi connectivity index (χ4v) is 5.62. The number of nitrogens with zero attached hydrogens (tertiary/aromatic N) is 3. The van der Waals surface area contributed by atoms with Crippen LogP contribution in [-0.4, -0.2) is 74.7 Å². The number of fused-ring (bicyclic) bond motifs is 1. The maximum Gasteiger partial charge on any atom is 0.185 e. The molecule has 1 aromatic heterocycles. The van der Waals surface area contributed by atoms with Crippen LogP contribution in [0.1, 0.15) is 30.6 Å². The molecule has 3 heterocycles. The molecule has 2 aliphatic heterocycles. The Morgan fingerprint density at radius 2 is 2.12 bits per heavy atom. The third-order valence-electron chi connectivity index (χ3n) is 6.17. The number of methoxy groups -OCH3 is 2. The first kappa shape index (κ1) is 17.7. The van der Waals surface area contributed by atoms with Crippen molar-refractivity contribution in [2.45, 2.75) is 50.0 Å². The molecule has 4 rings (SSSR count). The summed E-state index contributed by atoms with van der Waals surface area (Å²) >= 11 is 1.82. The van der Waals surface area contributed by atoms with Crippen LogP contribution >= 0.6 is 11.3 Å². The predicted octanol–water partition coefficient (Wildman–Crippen LogP) is 2.14. The van der Waals surface area contributed by atoms with E-state index >= 15 is 0 Å². The van der Waals surface area contributed by atoms with Gasteiger partial charge in [-0.3, -0.25) is 4.90 Å². The van der Waals surface area contributed by atoms with Crippen LogP contribution in [0.25, 0.3) is 0 Å².